The molecule has 0 amide bonds. The lowest BCUT2D eigenvalue weighted by molar-refractivity contribution is 0.255. The van der Waals surface area contributed by atoms with Crippen molar-refractivity contribution in [3.05, 3.63) is 33.5 Å². The lowest BCUT2D eigenvalue weighted by Gasteiger charge is -2.25. The second-order valence-corrected chi connectivity index (χ2v) is 9.80. The largest absolute Gasteiger partial charge is 0.357 e. The summed E-state index contributed by atoms with van der Waals surface area (Å²) in [7, 11) is 0. The molecule has 2 saturated heterocycles. The zero-order valence-corrected chi connectivity index (χ0v) is 22.3. The molecular weight excluding hydrogens is 539 g/mol. The van der Waals surface area contributed by atoms with E-state index in [1.807, 2.05) is 11.3 Å². The predicted molar refractivity (Wildman–Crippen MR) is 145 cm³/mol. The first-order valence-corrected chi connectivity index (χ1v) is 13.1. The maximum Gasteiger partial charge on any atom is 0.191 e. The summed E-state index contributed by atoms with van der Waals surface area (Å²) in [6, 6.07) is 4.80. The summed E-state index contributed by atoms with van der Waals surface area (Å²) in [5.41, 5.74) is 1.18. The monoisotopic (exact) mass is 574 g/mol. The molecule has 2 aliphatic rings. The van der Waals surface area contributed by atoms with Gasteiger partial charge in [-0.15, -0.1) is 46.7 Å². The zero-order valence-electron chi connectivity index (χ0n) is 18.4. The molecule has 0 radical (unpaired) electrons. The van der Waals surface area contributed by atoms with E-state index in [0.29, 0.717) is 6.04 Å². The van der Waals surface area contributed by atoms with Crippen molar-refractivity contribution in [3.63, 3.8) is 0 Å². The SMILES string of the molecule is CCNC(=NCC(c1cccs1)N1CCCC1)NCCc1csc(N2CCCC2)n1.I. The molecule has 4 heterocycles. The van der Waals surface area contributed by atoms with E-state index in [9.17, 15) is 0 Å². The molecule has 9 heteroatoms. The molecule has 0 aliphatic carbocycles. The molecule has 0 aromatic carbocycles. The third-order valence-corrected chi connectivity index (χ3v) is 7.73. The number of aromatic nitrogens is 1. The number of thiophene rings is 1. The van der Waals surface area contributed by atoms with Crippen molar-refractivity contribution in [1.82, 2.24) is 20.5 Å². The number of halogens is 1. The fourth-order valence-electron chi connectivity index (χ4n) is 4.21. The Labute approximate surface area is 211 Å². The third-order valence-electron chi connectivity index (χ3n) is 5.81. The maximum atomic E-state index is 4.95. The van der Waals surface area contributed by atoms with Gasteiger partial charge in [-0.2, -0.15) is 0 Å². The summed E-state index contributed by atoms with van der Waals surface area (Å²) < 4.78 is 0. The smallest absolute Gasteiger partial charge is 0.191 e. The van der Waals surface area contributed by atoms with Crippen LogP contribution in [0.3, 0.4) is 0 Å². The number of rotatable bonds is 9. The molecule has 1 unspecified atom stereocenters. The van der Waals surface area contributed by atoms with Crippen LogP contribution in [0.4, 0.5) is 5.13 Å². The van der Waals surface area contributed by atoms with Gasteiger partial charge in [-0.25, -0.2) is 4.98 Å². The maximum absolute atomic E-state index is 4.95. The van der Waals surface area contributed by atoms with Crippen molar-refractivity contribution < 1.29 is 0 Å². The van der Waals surface area contributed by atoms with Crippen LogP contribution >= 0.6 is 46.7 Å². The van der Waals surface area contributed by atoms with Crippen molar-refractivity contribution >= 4 is 57.7 Å². The van der Waals surface area contributed by atoms with E-state index in [0.717, 1.165) is 45.1 Å². The highest BCUT2D eigenvalue weighted by atomic mass is 127. The van der Waals surface area contributed by atoms with Crippen LogP contribution in [0.5, 0.6) is 0 Å². The first-order valence-electron chi connectivity index (χ1n) is 11.3. The molecule has 0 spiro atoms. The molecule has 2 fully saturated rings. The molecule has 2 aromatic heterocycles. The van der Waals surface area contributed by atoms with E-state index in [1.165, 1.54) is 54.5 Å². The minimum absolute atomic E-state index is 0. The first kappa shape index (κ1) is 24.7. The topological polar surface area (TPSA) is 55.8 Å². The standard InChI is InChI=1S/C22H34N6S2.HI/c1-2-23-21(24-10-9-18-17-30-22(26-18)28-13-5-6-14-28)25-16-19(20-8-7-15-29-20)27-11-3-4-12-27;/h7-8,15,17,19H,2-6,9-14,16H2,1H3,(H2,23,24,25);1H. The van der Waals surface area contributed by atoms with Crippen molar-refractivity contribution in [3.8, 4) is 0 Å². The van der Waals surface area contributed by atoms with Crippen molar-refractivity contribution in [2.75, 3.05) is 50.7 Å². The minimum Gasteiger partial charge on any atom is -0.357 e. The quantitative estimate of drug-likeness (QED) is 0.265. The molecular formula is C22H35IN6S2. The average Bonchev–Trinajstić information content (AvgIpc) is 3.57. The van der Waals surface area contributed by atoms with Crippen molar-refractivity contribution in [1.29, 1.82) is 0 Å². The number of hydrogen-bond donors (Lipinski definition) is 2. The van der Waals surface area contributed by atoms with Crippen LogP contribution < -0.4 is 15.5 Å². The molecule has 2 aliphatic heterocycles. The normalized spacial score (nSPS) is 18.2. The van der Waals surface area contributed by atoms with Crippen LogP contribution in [0.2, 0.25) is 0 Å². The molecule has 1 atom stereocenters. The number of likely N-dealkylation sites (tertiary alicyclic amines) is 1. The summed E-state index contributed by atoms with van der Waals surface area (Å²) in [5, 5.41) is 12.5. The number of guanidine groups is 1. The summed E-state index contributed by atoms with van der Waals surface area (Å²) in [6.07, 6.45) is 6.12. The lowest BCUT2D eigenvalue weighted by Crippen LogP contribution is -2.39. The predicted octanol–water partition coefficient (Wildman–Crippen LogP) is 4.36. The number of thiazole rings is 1. The van der Waals surface area contributed by atoms with Crippen LogP contribution in [-0.2, 0) is 6.42 Å². The van der Waals surface area contributed by atoms with Crippen LogP contribution in [0, 0.1) is 0 Å². The molecule has 2 aromatic rings. The van der Waals surface area contributed by atoms with Gasteiger partial charge in [0, 0.05) is 42.9 Å². The highest BCUT2D eigenvalue weighted by Crippen LogP contribution is 2.28. The number of nitrogens with zero attached hydrogens (tertiary/aromatic N) is 4. The van der Waals surface area contributed by atoms with Crippen LogP contribution in [-0.4, -0.2) is 61.7 Å². The van der Waals surface area contributed by atoms with E-state index in [-0.39, 0.29) is 24.0 Å². The molecule has 4 rings (SSSR count). The number of hydrogen-bond acceptors (Lipinski definition) is 6. The zero-order chi connectivity index (χ0) is 20.6. The Morgan fingerprint density at radius 2 is 1.90 bits per heavy atom. The molecule has 6 nitrogen and oxygen atoms in total. The fourth-order valence-corrected chi connectivity index (χ4v) is 5.98. The summed E-state index contributed by atoms with van der Waals surface area (Å²) >= 11 is 3.63. The van der Waals surface area contributed by atoms with Crippen molar-refractivity contribution in [2.45, 2.75) is 45.1 Å². The van der Waals surface area contributed by atoms with Crippen LogP contribution in [0.25, 0.3) is 0 Å². The fraction of sp³-hybridized carbons (Fsp3) is 0.636. The van der Waals surface area contributed by atoms with E-state index in [4.69, 9.17) is 9.98 Å². The van der Waals surface area contributed by atoms with Gasteiger partial charge in [0.2, 0.25) is 0 Å². The first-order chi connectivity index (χ1) is 14.8. The van der Waals surface area contributed by atoms with Gasteiger partial charge in [-0.1, -0.05) is 6.07 Å². The van der Waals surface area contributed by atoms with Gasteiger partial charge in [0.25, 0.3) is 0 Å². The van der Waals surface area contributed by atoms with Gasteiger partial charge in [-0.3, -0.25) is 9.89 Å². The third kappa shape index (κ3) is 7.03. The van der Waals surface area contributed by atoms with E-state index < -0.39 is 0 Å². The Morgan fingerprint density at radius 3 is 2.61 bits per heavy atom. The van der Waals surface area contributed by atoms with E-state index >= 15 is 0 Å². The Balaban J connectivity index is 0.00000272. The number of aliphatic imine (C=N–C) groups is 1. The Morgan fingerprint density at radius 1 is 1.13 bits per heavy atom. The average molecular weight is 575 g/mol. The van der Waals surface area contributed by atoms with E-state index in [1.54, 1.807) is 11.3 Å². The minimum atomic E-state index is 0. The van der Waals surface area contributed by atoms with Gasteiger partial charge in [0.15, 0.2) is 11.1 Å². The molecule has 172 valence electrons. The van der Waals surface area contributed by atoms with E-state index in [2.05, 4.69) is 50.2 Å². The van der Waals surface area contributed by atoms with Gasteiger partial charge in [0.05, 0.1) is 18.3 Å². The van der Waals surface area contributed by atoms with Crippen molar-refractivity contribution in [2.24, 2.45) is 4.99 Å². The summed E-state index contributed by atoms with van der Waals surface area (Å²) in [6.45, 7) is 9.33. The number of anilines is 1. The molecule has 2 N–H and O–H groups in total. The van der Waals surface area contributed by atoms with Crippen LogP contribution in [0.1, 0.15) is 49.2 Å². The van der Waals surface area contributed by atoms with Gasteiger partial charge < -0.3 is 15.5 Å². The molecule has 0 saturated carbocycles. The van der Waals surface area contributed by atoms with Gasteiger partial charge >= 0.3 is 0 Å². The second kappa shape index (κ2) is 13.0. The highest BCUT2D eigenvalue weighted by molar-refractivity contribution is 14.0. The Hall–Kier alpha value is -0.910. The highest BCUT2D eigenvalue weighted by Gasteiger charge is 2.24. The Kier molecular flexibility index (Phi) is 10.3. The van der Waals surface area contributed by atoms with Gasteiger partial charge in [-0.05, 0) is 57.1 Å². The summed E-state index contributed by atoms with van der Waals surface area (Å²) in [4.78, 5) is 16.2. The Bertz CT molecular complexity index is 782. The molecule has 0 bridgehead atoms. The molecule has 31 heavy (non-hydrogen) atoms. The van der Waals surface area contributed by atoms with Gasteiger partial charge in [0.1, 0.15) is 0 Å². The summed E-state index contributed by atoms with van der Waals surface area (Å²) in [5.74, 6) is 0.910. The van der Waals surface area contributed by atoms with Crippen LogP contribution in [0.15, 0.2) is 27.9 Å². The lowest BCUT2D eigenvalue weighted by atomic mass is 10.2. The second-order valence-electron chi connectivity index (χ2n) is 7.99. The number of nitrogens with one attached hydrogen (secondary N) is 2.